The van der Waals surface area contributed by atoms with Crippen molar-refractivity contribution in [2.75, 3.05) is 19.3 Å². The maximum Gasteiger partial charge on any atom is 0.263 e. The Morgan fingerprint density at radius 3 is 2.65 bits per heavy atom. The summed E-state index contributed by atoms with van der Waals surface area (Å²) in [5, 5.41) is 6.12. The fourth-order valence-electron chi connectivity index (χ4n) is 5.90. The number of aromatic nitrogens is 1. The number of hydrogen-bond acceptors (Lipinski definition) is 7. The summed E-state index contributed by atoms with van der Waals surface area (Å²) in [5.41, 5.74) is 2.34. The number of carbonyl (C=O) groups is 1. The number of benzene rings is 2. The van der Waals surface area contributed by atoms with Gasteiger partial charge in [0.1, 0.15) is 23.6 Å². The van der Waals surface area contributed by atoms with Gasteiger partial charge in [0.15, 0.2) is 11.6 Å². The molecule has 1 amide bonds. The van der Waals surface area contributed by atoms with E-state index in [1.807, 2.05) is 30.5 Å². The molecular weight excluding hydrogens is 616 g/mol. The standard InChI is InChI=1S/C33H33F2N5O5S/c1-46(43,44)40-12-8-24(9-13-40)45-25-15-22(14-23(17-25)28-19-37-31-26(28)4-2-10-36-31)18-38-32(41)27-5-3-11-39(33(27)42)20-21-6-7-29(34)30(35)16-21/h2-7,10-11,14-17,19,24,26,31,37H,8-9,12-13,18,20H2,1H3,(H,38,41). The molecule has 240 valence electrons. The molecule has 2 atom stereocenters. The number of allylic oxidation sites excluding steroid dienone is 1. The number of dihydropyridines is 1. The lowest BCUT2D eigenvalue weighted by molar-refractivity contribution is 0.0948. The van der Waals surface area contributed by atoms with Crippen molar-refractivity contribution in [3.8, 4) is 5.75 Å². The number of ether oxygens (including phenoxy) is 1. The largest absolute Gasteiger partial charge is 0.490 e. The number of hydrogen-bond donors (Lipinski definition) is 2. The average molecular weight is 650 g/mol. The molecular formula is C33H33F2N5O5S. The molecule has 3 aliphatic heterocycles. The van der Waals surface area contributed by atoms with Crippen LogP contribution >= 0.6 is 0 Å². The van der Waals surface area contributed by atoms with Crippen LogP contribution in [0.5, 0.6) is 5.75 Å². The topological polar surface area (TPSA) is 122 Å². The Morgan fingerprint density at radius 2 is 1.89 bits per heavy atom. The van der Waals surface area contributed by atoms with Crippen LogP contribution in [-0.4, -0.2) is 61.0 Å². The Morgan fingerprint density at radius 1 is 1.09 bits per heavy atom. The number of halogens is 2. The van der Waals surface area contributed by atoms with Gasteiger partial charge >= 0.3 is 0 Å². The number of rotatable bonds is 9. The van der Waals surface area contributed by atoms with Gasteiger partial charge in [0.05, 0.1) is 12.8 Å². The van der Waals surface area contributed by atoms with Crippen LogP contribution in [0.2, 0.25) is 0 Å². The van der Waals surface area contributed by atoms with E-state index in [0.717, 1.165) is 28.8 Å². The van der Waals surface area contributed by atoms with E-state index in [1.54, 1.807) is 12.3 Å². The van der Waals surface area contributed by atoms with E-state index in [2.05, 4.69) is 21.7 Å². The number of fused-ring (bicyclic) bond motifs is 1. The van der Waals surface area contributed by atoms with Crippen molar-refractivity contribution < 1.29 is 26.7 Å². The van der Waals surface area contributed by atoms with Crippen molar-refractivity contribution in [3.63, 3.8) is 0 Å². The molecule has 1 saturated heterocycles. The van der Waals surface area contributed by atoms with E-state index in [-0.39, 0.29) is 36.8 Å². The van der Waals surface area contributed by atoms with Crippen LogP contribution in [0.1, 0.15) is 39.9 Å². The first-order valence-electron chi connectivity index (χ1n) is 14.9. The third-order valence-corrected chi connectivity index (χ3v) is 9.59. The summed E-state index contributed by atoms with van der Waals surface area (Å²) in [4.78, 5) is 30.9. The number of aliphatic imine (C=N–C) groups is 1. The van der Waals surface area contributed by atoms with Gasteiger partial charge in [0.2, 0.25) is 10.0 Å². The van der Waals surface area contributed by atoms with E-state index < -0.39 is 33.1 Å². The van der Waals surface area contributed by atoms with E-state index in [1.165, 1.54) is 33.5 Å². The van der Waals surface area contributed by atoms with E-state index in [4.69, 9.17) is 4.74 Å². The minimum atomic E-state index is -3.27. The Hall–Kier alpha value is -4.62. The number of nitrogens with one attached hydrogen (secondary N) is 2. The zero-order valence-electron chi connectivity index (χ0n) is 25.0. The monoisotopic (exact) mass is 649 g/mol. The summed E-state index contributed by atoms with van der Waals surface area (Å²) in [6, 6.07) is 12.1. The molecule has 1 aromatic heterocycles. The molecule has 46 heavy (non-hydrogen) atoms. The van der Waals surface area contributed by atoms with Crippen LogP contribution in [0.4, 0.5) is 8.78 Å². The van der Waals surface area contributed by atoms with Crippen molar-refractivity contribution in [3.05, 3.63) is 117 Å². The van der Waals surface area contributed by atoms with Crippen LogP contribution in [0.25, 0.3) is 5.57 Å². The molecule has 6 rings (SSSR count). The lowest BCUT2D eigenvalue weighted by Gasteiger charge is -2.30. The Bertz CT molecular complexity index is 1920. The second-order valence-corrected chi connectivity index (χ2v) is 13.5. The number of piperidine rings is 1. The fourth-order valence-corrected chi connectivity index (χ4v) is 6.77. The fraction of sp³-hybridized carbons (Fsp3) is 0.303. The number of nitrogens with zero attached hydrogens (tertiary/aromatic N) is 3. The molecule has 2 aromatic carbocycles. The van der Waals surface area contributed by atoms with Gasteiger partial charge in [-0.1, -0.05) is 12.1 Å². The van der Waals surface area contributed by atoms with E-state index in [9.17, 15) is 26.8 Å². The predicted molar refractivity (Wildman–Crippen MR) is 170 cm³/mol. The van der Waals surface area contributed by atoms with Gasteiger partial charge in [-0.2, -0.15) is 0 Å². The molecule has 0 aliphatic carbocycles. The summed E-state index contributed by atoms with van der Waals surface area (Å²) in [6.45, 7) is 0.805. The molecule has 0 radical (unpaired) electrons. The van der Waals surface area contributed by atoms with Crippen LogP contribution in [-0.2, 0) is 23.1 Å². The number of amides is 1. The molecule has 13 heteroatoms. The molecule has 4 heterocycles. The first-order valence-corrected chi connectivity index (χ1v) is 16.7. The van der Waals surface area contributed by atoms with Crippen molar-refractivity contribution in [2.24, 2.45) is 10.9 Å². The third-order valence-electron chi connectivity index (χ3n) is 8.29. The third kappa shape index (κ3) is 6.95. The van der Waals surface area contributed by atoms with Crippen LogP contribution in [0.3, 0.4) is 0 Å². The van der Waals surface area contributed by atoms with Crippen molar-refractivity contribution >= 4 is 27.7 Å². The Balaban J connectivity index is 1.20. The first kappa shape index (κ1) is 31.4. The van der Waals surface area contributed by atoms with Gasteiger partial charge in [-0.15, -0.1) is 0 Å². The molecule has 0 spiro atoms. The zero-order chi connectivity index (χ0) is 32.4. The smallest absolute Gasteiger partial charge is 0.263 e. The number of sulfonamides is 1. The van der Waals surface area contributed by atoms with E-state index >= 15 is 0 Å². The predicted octanol–water partition coefficient (Wildman–Crippen LogP) is 3.43. The summed E-state index contributed by atoms with van der Waals surface area (Å²) in [5.74, 6) is -1.99. The molecule has 3 aromatic rings. The highest BCUT2D eigenvalue weighted by atomic mass is 32.2. The highest BCUT2D eigenvalue weighted by Crippen LogP contribution is 2.36. The summed E-state index contributed by atoms with van der Waals surface area (Å²) in [7, 11) is -3.27. The molecule has 1 fully saturated rings. The second-order valence-electron chi connectivity index (χ2n) is 11.6. The summed E-state index contributed by atoms with van der Waals surface area (Å²) in [6.07, 6.45) is 11.1. The lowest BCUT2D eigenvalue weighted by atomic mass is 9.91. The van der Waals surface area contributed by atoms with Crippen LogP contribution < -0.4 is 20.9 Å². The summed E-state index contributed by atoms with van der Waals surface area (Å²) < 4.78 is 60.0. The van der Waals surface area contributed by atoms with Gasteiger partial charge in [0, 0.05) is 44.2 Å². The Labute approximate surface area is 265 Å². The van der Waals surface area contributed by atoms with Crippen LogP contribution in [0, 0.1) is 17.6 Å². The SMILES string of the molecule is CS(=O)(=O)N1CCC(Oc2cc(CNC(=O)c3cccn(Cc4ccc(F)c(F)c4)c3=O)cc(C3=CNC4N=CC=CC34)c2)CC1. The van der Waals surface area contributed by atoms with Gasteiger partial charge in [-0.05, 0) is 83.6 Å². The Kier molecular flexibility index (Phi) is 8.87. The minimum absolute atomic E-state index is 0.0121. The number of pyridine rings is 1. The van der Waals surface area contributed by atoms with Gasteiger partial charge in [-0.3, -0.25) is 14.6 Å². The molecule has 3 aliphatic rings. The minimum Gasteiger partial charge on any atom is -0.490 e. The highest BCUT2D eigenvalue weighted by molar-refractivity contribution is 7.88. The van der Waals surface area contributed by atoms with Gasteiger partial charge < -0.3 is 19.9 Å². The lowest BCUT2D eigenvalue weighted by Crippen LogP contribution is -2.41. The van der Waals surface area contributed by atoms with Gasteiger partial charge in [0.25, 0.3) is 11.5 Å². The van der Waals surface area contributed by atoms with Crippen LogP contribution in [0.15, 0.2) is 82.9 Å². The molecule has 0 saturated carbocycles. The zero-order valence-corrected chi connectivity index (χ0v) is 25.8. The molecule has 2 N–H and O–H groups in total. The normalized spacial score (nSPS) is 19.8. The highest BCUT2D eigenvalue weighted by Gasteiger charge is 2.30. The van der Waals surface area contributed by atoms with E-state index in [0.29, 0.717) is 37.2 Å². The maximum absolute atomic E-state index is 13.7. The molecule has 10 nitrogen and oxygen atoms in total. The van der Waals surface area contributed by atoms with Crippen molar-refractivity contribution in [2.45, 2.75) is 38.2 Å². The van der Waals surface area contributed by atoms with Gasteiger partial charge in [-0.25, -0.2) is 21.5 Å². The first-order chi connectivity index (χ1) is 22.0. The average Bonchev–Trinajstić information content (AvgIpc) is 3.47. The molecule has 2 unspecified atom stereocenters. The number of carbonyl (C=O) groups excluding carboxylic acids is 1. The quantitative estimate of drug-likeness (QED) is 0.367. The van der Waals surface area contributed by atoms with Crippen molar-refractivity contribution in [1.29, 1.82) is 0 Å². The maximum atomic E-state index is 13.7. The summed E-state index contributed by atoms with van der Waals surface area (Å²) >= 11 is 0. The molecule has 0 bridgehead atoms. The second kappa shape index (κ2) is 13.0. The van der Waals surface area contributed by atoms with Crippen molar-refractivity contribution in [1.82, 2.24) is 19.5 Å².